The number of fused-ring (bicyclic) bond motifs is 2. The van der Waals surface area contributed by atoms with E-state index in [-0.39, 0.29) is 34.7 Å². The van der Waals surface area contributed by atoms with Crippen LogP contribution in [-0.4, -0.2) is 26.9 Å². The average molecular weight is 302 g/mol. The van der Waals surface area contributed by atoms with E-state index in [9.17, 15) is 18.1 Å². The summed E-state index contributed by atoms with van der Waals surface area (Å²) in [6, 6.07) is 2.68. The lowest BCUT2D eigenvalue weighted by atomic mass is 9.85. The van der Waals surface area contributed by atoms with Crippen molar-refractivity contribution in [1.29, 1.82) is 0 Å². The molecule has 1 aromatic rings. The van der Waals surface area contributed by atoms with Gasteiger partial charge < -0.3 is 9.84 Å². The topological polar surface area (TPSA) is 46.5 Å². The third-order valence-electron chi connectivity index (χ3n) is 4.37. The average Bonchev–Trinajstić information content (AvgIpc) is 2.64. The van der Waals surface area contributed by atoms with E-state index in [1.807, 2.05) is 0 Å². The lowest BCUT2D eigenvalue weighted by Crippen LogP contribution is -2.41. The van der Waals surface area contributed by atoms with Gasteiger partial charge in [-0.2, -0.15) is 4.39 Å². The first-order chi connectivity index (χ1) is 9.46. The Morgan fingerprint density at radius 1 is 1.25 bits per heavy atom. The summed E-state index contributed by atoms with van der Waals surface area (Å²) >= 11 is 0. The van der Waals surface area contributed by atoms with Crippen LogP contribution in [0.4, 0.5) is 8.78 Å². The minimum absolute atomic E-state index is 0.0515. The molecule has 2 fully saturated rings. The first kappa shape index (κ1) is 13.9. The van der Waals surface area contributed by atoms with Crippen LogP contribution in [-0.2, 0) is 16.4 Å². The summed E-state index contributed by atoms with van der Waals surface area (Å²) in [6.07, 6.45) is 2.00. The smallest absolute Gasteiger partial charge is 0.200 e. The molecule has 0 radical (unpaired) electrons. The molecular weight excluding hydrogens is 286 g/mol. The summed E-state index contributed by atoms with van der Waals surface area (Å²) in [5, 5.41) is 10.5. The van der Waals surface area contributed by atoms with Crippen LogP contribution >= 0.6 is 0 Å². The Morgan fingerprint density at radius 3 is 2.40 bits per heavy atom. The maximum Gasteiger partial charge on any atom is 0.200 e. The molecular formula is C14H16F2O3S. The van der Waals surface area contributed by atoms with Gasteiger partial charge in [-0.05, 0) is 37.8 Å². The molecule has 2 atom stereocenters. The second-order valence-corrected chi connectivity index (χ2v) is 7.52. The largest absolute Gasteiger partial charge is 0.494 e. The molecule has 110 valence electrons. The highest BCUT2D eigenvalue weighted by atomic mass is 32.2. The minimum Gasteiger partial charge on any atom is -0.494 e. The zero-order valence-corrected chi connectivity index (χ0v) is 11.9. The van der Waals surface area contributed by atoms with Crippen molar-refractivity contribution in [2.75, 3.05) is 7.11 Å². The minimum atomic E-state index is -1.43. The Bertz CT molecular complexity index is 560. The van der Waals surface area contributed by atoms with Crippen molar-refractivity contribution in [3.63, 3.8) is 0 Å². The molecule has 3 rings (SSSR count). The monoisotopic (exact) mass is 302 g/mol. The lowest BCUT2D eigenvalue weighted by Gasteiger charge is -2.36. The fourth-order valence-corrected chi connectivity index (χ4v) is 5.51. The lowest BCUT2D eigenvalue weighted by molar-refractivity contribution is 0.0143. The molecule has 0 aliphatic carbocycles. The van der Waals surface area contributed by atoms with Gasteiger partial charge in [0, 0.05) is 26.9 Å². The molecule has 2 unspecified atom stereocenters. The SMILES string of the molecule is COc1ccc(C2(O)CC3CCC(C2)S3=O)c(F)c1F. The Labute approximate surface area is 118 Å². The van der Waals surface area contributed by atoms with Gasteiger partial charge in [0.15, 0.2) is 11.6 Å². The number of hydrogen-bond donors (Lipinski definition) is 1. The van der Waals surface area contributed by atoms with E-state index in [1.165, 1.54) is 19.2 Å². The van der Waals surface area contributed by atoms with Crippen LogP contribution in [0.5, 0.6) is 5.75 Å². The van der Waals surface area contributed by atoms with Gasteiger partial charge in [0.05, 0.1) is 12.7 Å². The van der Waals surface area contributed by atoms with E-state index in [0.717, 1.165) is 12.8 Å². The second-order valence-electron chi connectivity index (χ2n) is 5.53. The molecule has 0 aromatic heterocycles. The normalized spacial score (nSPS) is 36.1. The second kappa shape index (κ2) is 4.77. The first-order valence-electron chi connectivity index (χ1n) is 6.60. The summed E-state index contributed by atoms with van der Waals surface area (Å²) < 4.78 is 44.7. The molecule has 2 heterocycles. The highest BCUT2D eigenvalue weighted by Crippen LogP contribution is 2.47. The summed E-state index contributed by atoms with van der Waals surface area (Å²) in [6.45, 7) is 0. The van der Waals surface area contributed by atoms with Gasteiger partial charge in [-0.1, -0.05) is 0 Å². The maximum absolute atomic E-state index is 14.2. The predicted molar refractivity (Wildman–Crippen MR) is 71.0 cm³/mol. The van der Waals surface area contributed by atoms with Crippen molar-refractivity contribution in [1.82, 2.24) is 0 Å². The highest BCUT2D eigenvalue weighted by Gasteiger charge is 2.49. The number of aliphatic hydroxyl groups is 1. The van der Waals surface area contributed by atoms with Gasteiger partial charge in [-0.25, -0.2) is 4.39 Å². The van der Waals surface area contributed by atoms with Gasteiger partial charge in [-0.3, -0.25) is 4.21 Å². The van der Waals surface area contributed by atoms with Crippen LogP contribution in [0.1, 0.15) is 31.2 Å². The molecule has 3 nitrogen and oxygen atoms in total. The van der Waals surface area contributed by atoms with Crippen molar-refractivity contribution in [3.8, 4) is 5.75 Å². The Hall–Kier alpha value is -1.01. The quantitative estimate of drug-likeness (QED) is 0.911. The maximum atomic E-state index is 14.2. The fraction of sp³-hybridized carbons (Fsp3) is 0.571. The zero-order chi connectivity index (χ0) is 14.5. The van der Waals surface area contributed by atoms with Crippen LogP contribution in [0.25, 0.3) is 0 Å². The van der Waals surface area contributed by atoms with Crippen LogP contribution in [0.3, 0.4) is 0 Å². The van der Waals surface area contributed by atoms with Crippen molar-refractivity contribution in [2.45, 2.75) is 41.8 Å². The van der Waals surface area contributed by atoms with E-state index in [4.69, 9.17) is 4.74 Å². The van der Waals surface area contributed by atoms with Crippen molar-refractivity contribution in [2.24, 2.45) is 0 Å². The third kappa shape index (κ3) is 1.97. The Morgan fingerprint density at radius 2 is 1.85 bits per heavy atom. The van der Waals surface area contributed by atoms with Crippen molar-refractivity contribution in [3.05, 3.63) is 29.3 Å². The molecule has 2 saturated heterocycles. The zero-order valence-electron chi connectivity index (χ0n) is 11.1. The molecule has 1 N–H and O–H groups in total. The number of methoxy groups -OCH3 is 1. The van der Waals surface area contributed by atoms with Crippen LogP contribution in [0, 0.1) is 11.6 Å². The van der Waals surface area contributed by atoms with Gasteiger partial charge in [0.25, 0.3) is 0 Å². The van der Waals surface area contributed by atoms with E-state index < -0.39 is 28.0 Å². The van der Waals surface area contributed by atoms with Crippen molar-refractivity contribution < 1.29 is 22.8 Å². The molecule has 2 aliphatic heterocycles. The number of hydrogen-bond acceptors (Lipinski definition) is 3. The Kier molecular flexibility index (Phi) is 3.33. The van der Waals surface area contributed by atoms with E-state index >= 15 is 0 Å². The summed E-state index contributed by atoms with van der Waals surface area (Å²) in [7, 11) is 0.302. The summed E-state index contributed by atoms with van der Waals surface area (Å²) in [5.41, 5.74) is -1.49. The number of ether oxygens (including phenoxy) is 1. The molecule has 2 aliphatic rings. The standard InChI is InChI=1S/C14H16F2O3S/c1-19-11-5-4-10(12(15)13(11)16)14(17)6-8-2-3-9(7-14)20(8)18/h4-5,8-9,17H,2-3,6-7H2,1H3. The summed E-state index contributed by atoms with van der Waals surface area (Å²) in [5.74, 6) is -2.34. The van der Waals surface area contributed by atoms with E-state index in [2.05, 4.69) is 0 Å². The van der Waals surface area contributed by atoms with Crippen LogP contribution in [0.15, 0.2) is 12.1 Å². The van der Waals surface area contributed by atoms with Gasteiger partial charge in [0.1, 0.15) is 0 Å². The van der Waals surface area contributed by atoms with E-state index in [0.29, 0.717) is 0 Å². The fourth-order valence-electron chi connectivity index (χ4n) is 3.35. The molecule has 0 amide bonds. The molecule has 2 bridgehead atoms. The van der Waals surface area contributed by atoms with Crippen molar-refractivity contribution >= 4 is 10.8 Å². The van der Waals surface area contributed by atoms with Gasteiger partial charge >= 0.3 is 0 Å². The van der Waals surface area contributed by atoms with Crippen LogP contribution < -0.4 is 4.74 Å². The van der Waals surface area contributed by atoms with Gasteiger partial charge in [0.2, 0.25) is 5.82 Å². The highest BCUT2D eigenvalue weighted by molar-refractivity contribution is 7.86. The molecule has 0 spiro atoms. The summed E-state index contributed by atoms with van der Waals surface area (Å²) in [4.78, 5) is 0. The molecule has 0 saturated carbocycles. The van der Waals surface area contributed by atoms with Crippen LogP contribution in [0.2, 0.25) is 0 Å². The molecule has 1 aromatic carbocycles. The predicted octanol–water partition coefficient (Wildman–Crippen LogP) is 2.23. The van der Waals surface area contributed by atoms with Gasteiger partial charge in [-0.15, -0.1) is 0 Å². The molecule has 6 heteroatoms. The Balaban J connectivity index is 2.01. The first-order valence-corrected chi connectivity index (χ1v) is 7.88. The number of benzene rings is 1. The van der Waals surface area contributed by atoms with E-state index in [1.54, 1.807) is 0 Å². The number of halogens is 2. The number of rotatable bonds is 2. The third-order valence-corrected chi connectivity index (χ3v) is 6.49. The molecule has 20 heavy (non-hydrogen) atoms.